The Hall–Kier alpha value is -1.29. The van der Waals surface area contributed by atoms with E-state index in [4.69, 9.17) is 15.2 Å². The predicted molar refractivity (Wildman–Crippen MR) is 61.7 cm³/mol. The van der Waals surface area contributed by atoms with E-state index < -0.39 is 0 Å². The van der Waals surface area contributed by atoms with Gasteiger partial charge in [0.15, 0.2) is 0 Å². The molecule has 1 saturated carbocycles. The molecule has 1 aliphatic carbocycles. The van der Waals surface area contributed by atoms with Gasteiger partial charge in [-0.05, 0) is 18.9 Å². The van der Waals surface area contributed by atoms with Crippen LogP contribution in [0.2, 0.25) is 0 Å². The van der Waals surface area contributed by atoms with E-state index in [0.717, 1.165) is 18.6 Å². The van der Waals surface area contributed by atoms with Gasteiger partial charge >= 0.3 is 0 Å². The molecule has 0 saturated heterocycles. The third-order valence-corrected chi connectivity index (χ3v) is 3.04. The van der Waals surface area contributed by atoms with Crippen LogP contribution in [-0.4, -0.2) is 24.2 Å². The van der Waals surface area contributed by atoms with E-state index >= 15 is 0 Å². The number of rotatable bonds is 4. The first kappa shape index (κ1) is 11.2. The molecule has 1 aliphatic rings. The molecule has 0 bridgehead atoms. The summed E-state index contributed by atoms with van der Waals surface area (Å²) in [5.41, 5.74) is 6.06. The number of hydrogen-bond acceptors (Lipinski definition) is 4. The van der Waals surface area contributed by atoms with Crippen LogP contribution in [0.3, 0.4) is 0 Å². The SMILES string of the molecule is COc1cc(OCC2(N)CCCC2)ccn1. The van der Waals surface area contributed by atoms with Crippen molar-refractivity contribution in [3.8, 4) is 11.6 Å². The maximum absolute atomic E-state index is 6.21. The number of nitrogens with two attached hydrogens (primary N) is 1. The van der Waals surface area contributed by atoms with Gasteiger partial charge in [0.2, 0.25) is 5.88 Å². The Morgan fingerprint density at radius 1 is 1.44 bits per heavy atom. The van der Waals surface area contributed by atoms with E-state index in [9.17, 15) is 0 Å². The monoisotopic (exact) mass is 222 g/mol. The van der Waals surface area contributed by atoms with Crippen LogP contribution in [0.1, 0.15) is 25.7 Å². The van der Waals surface area contributed by atoms with Crippen LogP contribution >= 0.6 is 0 Å². The number of pyridine rings is 1. The maximum atomic E-state index is 6.21. The van der Waals surface area contributed by atoms with Gasteiger partial charge in [-0.2, -0.15) is 0 Å². The molecule has 1 fully saturated rings. The fourth-order valence-electron chi connectivity index (χ4n) is 2.04. The molecule has 2 rings (SSSR count). The molecule has 0 atom stereocenters. The summed E-state index contributed by atoms with van der Waals surface area (Å²) in [7, 11) is 1.59. The number of methoxy groups -OCH3 is 1. The molecular formula is C12H18N2O2. The van der Waals surface area contributed by atoms with Gasteiger partial charge in [-0.1, -0.05) is 12.8 Å². The second-order valence-electron chi connectivity index (χ2n) is 4.39. The lowest BCUT2D eigenvalue weighted by atomic mass is 10.0. The first-order valence-electron chi connectivity index (χ1n) is 5.64. The van der Waals surface area contributed by atoms with Crippen LogP contribution in [0.4, 0.5) is 0 Å². The number of nitrogens with zero attached hydrogens (tertiary/aromatic N) is 1. The minimum Gasteiger partial charge on any atom is -0.491 e. The van der Waals surface area contributed by atoms with Crippen molar-refractivity contribution in [3.63, 3.8) is 0 Å². The molecule has 4 nitrogen and oxygen atoms in total. The number of ether oxygens (including phenoxy) is 2. The average molecular weight is 222 g/mol. The lowest BCUT2D eigenvalue weighted by Crippen LogP contribution is -2.42. The Balaban J connectivity index is 1.93. The lowest BCUT2D eigenvalue weighted by molar-refractivity contribution is 0.219. The van der Waals surface area contributed by atoms with E-state index in [1.165, 1.54) is 12.8 Å². The lowest BCUT2D eigenvalue weighted by Gasteiger charge is -2.23. The van der Waals surface area contributed by atoms with Gasteiger partial charge in [-0.15, -0.1) is 0 Å². The molecular weight excluding hydrogens is 204 g/mol. The standard InChI is InChI=1S/C12H18N2O2/c1-15-11-8-10(4-7-14-11)16-9-12(13)5-2-3-6-12/h4,7-8H,2-3,5-6,9,13H2,1H3. The summed E-state index contributed by atoms with van der Waals surface area (Å²) in [6, 6.07) is 3.60. The Morgan fingerprint density at radius 3 is 2.88 bits per heavy atom. The second-order valence-corrected chi connectivity index (χ2v) is 4.39. The van der Waals surface area contributed by atoms with Gasteiger partial charge in [0, 0.05) is 12.3 Å². The van der Waals surface area contributed by atoms with E-state index in [1.807, 2.05) is 6.07 Å². The maximum Gasteiger partial charge on any atom is 0.216 e. The van der Waals surface area contributed by atoms with Gasteiger partial charge in [0.1, 0.15) is 12.4 Å². The van der Waals surface area contributed by atoms with Crippen LogP contribution < -0.4 is 15.2 Å². The zero-order chi connectivity index (χ0) is 11.4. The zero-order valence-electron chi connectivity index (χ0n) is 9.61. The Labute approximate surface area is 95.8 Å². The highest BCUT2D eigenvalue weighted by atomic mass is 16.5. The number of hydrogen-bond donors (Lipinski definition) is 1. The van der Waals surface area contributed by atoms with Crippen molar-refractivity contribution < 1.29 is 9.47 Å². The summed E-state index contributed by atoms with van der Waals surface area (Å²) in [5, 5.41) is 0. The van der Waals surface area contributed by atoms with Gasteiger partial charge in [-0.25, -0.2) is 4.98 Å². The average Bonchev–Trinajstić information content (AvgIpc) is 2.75. The quantitative estimate of drug-likeness (QED) is 0.843. The van der Waals surface area contributed by atoms with Crippen LogP contribution in [0.15, 0.2) is 18.3 Å². The summed E-state index contributed by atoms with van der Waals surface area (Å²) in [4.78, 5) is 4.02. The minimum atomic E-state index is -0.142. The first-order chi connectivity index (χ1) is 7.72. The first-order valence-corrected chi connectivity index (χ1v) is 5.64. The summed E-state index contributed by atoms with van der Waals surface area (Å²) >= 11 is 0. The molecule has 1 aromatic rings. The van der Waals surface area contributed by atoms with Crippen molar-refractivity contribution in [2.45, 2.75) is 31.2 Å². The molecule has 0 aromatic carbocycles. The van der Waals surface area contributed by atoms with Crippen LogP contribution in [0, 0.1) is 0 Å². The van der Waals surface area contributed by atoms with Crippen LogP contribution in [0.5, 0.6) is 11.6 Å². The molecule has 16 heavy (non-hydrogen) atoms. The van der Waals surface area contributed by atoms with Gasteiger partial charge in [0.25, 0.3) is 0 Å². The largest absolute Gasteiger partial charge is 0.491 e. The van der Waals surface area contributed by atoms with Crippen molar-refractivity contribution in [3.05, 3.63) is 18.3 Å². The molecule has 0 unspecified atom stereocenters. The summed E-state index contributed by atoms with van der Waals surface area (Å²) < 4.78 is 10.7. The highest BCUT2D eigenvalue weighted by Gasteiger charge is 2.30. The van der Waals surface area contributed by atoms with Gasteiger partial charge < -0.3 is 15.2 Å². The smallest absolute Gasteiger partial charge is 0.216 e. The summed E-state index contributed by atoms with van der Waals surface area (Å²) in [6.45, 7) is 0.570. The molecule has 0 spiro atoms. The summed E-state index contributed by atoms with van der Waals surface area (Å²) in [5.74, 6) is 1.33. The van der Waals surface area contributed by atoms with Crippen molar-refractivity contribution in [1.82, 2.24) is 4.98 Å². The fraction of sp³-hybridized carbons (Fsp3) is 0.583. The van der Waals surface area contributed by atoms with Crippen molar-refractivity contribution >= 4 is 0 Å². The topological polar surface area (TPSA) is 57.4 Å². The minimum absolute atomic E-state index is 0.142. The predicted octanol–water partition coefficient (Wildman–Crippen LogP) is 1.74. The third kappa shape index (κ3) is 2.64. The molecule has 1 aromatic heterocycles. The van der Waals surface area contributed by atoms with Crippen LogP contribution in [0.25, 0.3) is 0 Å². The Bertz CT molecular complexity index is 349. The third-order valence-electron chi connectivity index (χ3n) is 3.04. The summed E-state index contributed by atoms with van der Waals surface area (Å²) in [6.07, 6.45) is 6.19. The Kier molecular flexibility index (Phi) is 3.29. The Morgan fingerprint density at radius 2 is 2.19 bits per heavy atom. The highest BCUT2D eigenvalue weighted by molar-refractivity contribution is 5.26. The van der Waals surface area contributed by atoms with E-state index in [2.05, 4.69) is 4.98 Å². The molecule has 1 heterocycles. The molecule has 2 N–H and O–H groups in total. The van der Waals surface area contributed by atoms with E-state index in [-0.39, 0.29) is 5.54 Å². The van der Waals surface area contributed by atoms with Crippen molar-refractivity contribution in [1.29, 1.82) is 0 Å². The zero-order valence-corrected chi connectivity index (χ0v) is 9.61. The van der Waals surface area contributed by atoms with Crippen molar-refractivity contribution in [2.75, 3.05) is 13.7 Å². The second kappa shape index (κ2) is 4.70. The molecule has 4 heteroatoms. The molecule has 0 aliphatic heterocycles. The fourth-order valence-corrected chi connectivity index (χ4v) is 2.04. The highest BCUT2D eigenvalue weighted by Crippen LogP contribution is 2.28. The van der Waals surface area contributed by atoms with E-state index in [1.54, 1.807) is 19.4 Å². The normalized spacial score (nSPS) is 18.4. The number of aromatic nitrogens is 1. The molecule has 88 valence electrons. The molecule has 0 radical (unpaired) electrons. The van der Waals surface area contributed by atoms with Gasteiger partial charge in [-0.3, -0.25) is 0 Å². The van der Waals surface area contributed by atoms with Crippen LogP contribution in [-0.2, 0) is 0 Å². The van der Waals surface area contributed by atoms with E-state index in [0.29, 0.717) is 12.5 Å². The van der Waals surface area contributed by atoms with Gasteiger partial charge in [0.05, 0.1) is 12.6 Å². The van der Waals surface area contributed by atoms with Crippen molar-refractivity contribution in [2.24, 2.45) is 5.73 Å². The molecule has 0 amide bonds.